The molecule has 1 aliphatic rings. The van der Waals surface area contributed by atoms with Gasteiger partial charge in [0.25, 0.3) is 5.91 Å². The Morgan fingerprint density at radius 1 is 1.24 bits per heavy atom. The van der Waals surface area contributed by atoms with Crippen LogP contribution in [-0.4, -0.2) is 16.1 Å². The number of carbonyl (C=O) groups is 1. The van der Waals surface area contributed by atoms with E-state index in [-0.39, 0.29) is 24.4 Å². The zero-order valence-electron chi connectivity index (χ0n) is 13.0. The number of carbonyl (C=O) groups excluding carboxylic acids is 1. The summed E-state index contributed by atoms with van der Waals surface area (Å²) in [5.41, 5.74) is 2.59. The van der Waals surface area contributed by atoms with Crippen LogP contribution in [0.2, 0.25) is 0 Å². The van der Waals surface area contributed by atoms with E-state index in [1.54, 1.807) is 0 Å². The third-order valence-electron chi connectivity index (χ3n) is 4.06. The van der Waals surface area contributed by atoms with E-state index in [2.05, 4.69) is 15.5 Å². The highest BCUT2D eigenvalue weighted by molar-refractivity contribution is 5.96. The van der Waals surface area contributed by atoms with Crippen molar-refractivity contribution in [3.63, 3.8) is 0 Å². The van der Waals surface area contributed by atoms with Crippen LogP contribution < -0.4 is 10.1 Å². The lowest BCUT2D eigenvalue weighted by atomic mass is 10.0. The molecule has 3 aromatic rings. The topological polar surface area (TPSA) is 67.0 Å². The molecule has 5 nitrogen and oxygen atoms in total. The molecular weight excluding hydrogens is 328 g/mol. The summed E-state index contributed by atoms with van der Waals surface area (Å²) in [5, 5.41) is 9.54. The summed E-state index contributed by atoms with van der Waals surface area (Å²) < 4.78 is 32.2. The molecule has 126 valence electrons. The molecule has 2 heterocycles. The number of benzene rings is 2. The number of aromatic nitrogens is 2. The van der Waals surface area contributed by atoms with Crippen molar-refractivity contribution < 1.29 is 18.3 Å². The first-order chi connectivity index (χ1) is 12.1. The van der Waals surface area contributed by atoms with Gasteiger partial charge in [-0.1, -0.05) is 18.2 Å². The maximum atomic E-state index is 13.7. The lowest BCUT2D eigenvalue weighted by Crippen LogP contribution is -2.25. The number of aromatic amines is 1. The molecule has 0 aliphatic carbocycles. The molecular formula is C18H13F2N3O2. The smallest absolute Gasteiger partial charge is 0.270 e. The van der Waals surface area contributed by atoms with Crippen LogP contribution in [0.4, 0.5) is 8.78 Å². The Morgan fingerprint density at radius 3 is 2.92 bits per heavy atom. The fraction of sp³-hybridized carbons (Fsp3) is 0.111. The minimum Gasteiger partial charge on any atom is -0.488 e. The highest BCUT2D eigenvalue weighted by Crippen LogP contribution is 2.36. The summed E-state index contributed by atoms with van der Waals surface area (Å²) in [6.07, 6.45) is 0. The fourth-order valence-electron chi connectivity index (χ4n) is 2.78. The van der Waals surface area contributed by atoms with Crippen LogP contribution in [-0.2, 0) is 13.2 Å². The van der Waals surface area contributed by atoms with Crippen molar-refractivity contribution in [3.8, 4) is 17.0 Å². The van der Waals surface area contributed by atoms with Gasteiger partial charge in [-0.3, -0.25) is 9.89 Å². The number of halogens is 2. The highest BCUT2D eigenvalue weighted by atomic mass is 19.1. The van der Waals surface area contributed by atoms with Gasteiger partial charge in [-0.15, -0.1) is 0 Å². The minimum absolute atomic E-state index is 0.0593. The van der Waals surface area contributed by atoms with Gasteiger partial charge >= 0.3 is 0 Å². The first kappa shape index (κ1) is 15.3. The molecule has 0 radical (unpaired) electrons. The van der Waals surface area contributed by atoms with Crippen molar-refractivity contribution in [2.45, 2.75) is 13.2 Å². The number of nitrogens with one attached hydrogen (secondary N) is 2. The highest BCUT2D eigenvalue weighted by Gasteiger charge is 2.26. The predicted octanol–water partition coefficient (Wildman–Crippen LogP) is 3.18. The van der Waals surface area contributed by atoms with E-state index in [1.165, 1.54) is 6.07 Å². The zero-order chi connectivity index (χ0) is 17.4. The molecule has 4 rings (SSSR count). The van der Waals surface area contributed by atoms with E-state index in [9.17, 15) is 13.6 Å². The second-order valence-electron chi connectivity index (χ2n) is 5.63. The van der Waals surface area contributed by atoms with Gasteiger partial charge in [0.1, 0.15) is 35.4 Å². The molecule has 0 saturated carbocycles. The Hall–Kier alpha value is -3.22. The molecule has 0 spiro atoms. The zero-order valence-corrected chi connectivity index (χ0v) is 13.0. The van der Waals surface area contributed by atoms with Crippen LogP contribution in [0.15, 0.2) is 42.5 Å². The molecule has 1 aliphatic heterocycles. The Morgan fingerprint density at radius 2 is 2.08 bits per heavy atom. The van der Waals surface area contributed by atoms with Gasteiger partial charge in [0.15, 0.2) is 0 Å². The second-order valence-corrected chi connectivity index (χ2v) is 5.63. The lowest BCUT2D eigenvalue weighted by molar-refractivity contribution is 0.0943. The van der Waals surface area contributed by atoms with Gasteiger partial charge in [-0.25, -0.2) is 8.78 Å². The molecule has 0 unspecified atom stereocenters. The Kier molecular flexibility index (Phi) is 3.68. The number of rotatable bonds is 3. The quantitative estimate of drug-likeness (QED) is 0.769. The molecule has 0 atom stereocenters. The lowest BCUT2D eigenvalue weighted by Gasteiger charge is -2.17. The molecule has 25 heavy (non-hydrogen) atoms. The van der Waals surface area contributed by atoms with Crippen molar-refractivity contribution in [2.24, 2.45) is 0 Å². The predicted molar refractivity (Wildman–Crippen MR) is 85.9 cm³/mol. The summed E-state index contributed by atoms with van der Waals surface area (Å²) in [6.45, 7) is 0.159. The van der Waals surface area contributed by atoms with E-state index in [1.807, 2.05) is 24.3 Å². The van der Waals surface area contributed by atoms with Crippen molar-refractivity contribution in [3.05, 3.63) is 70.9 Å². The monoisotopic (exact) mass is 341 g/mol. The Labute approximate surface area is 141 Å². The minimum atomic E-state index is -0.704. The van der Waals surface area contributed by atoms with Crippen LogP contribution in [0.5, 0.6) is 5.75 Å². The number of amides is 1. The van der Waals surface area contributed by atoms with E-state index in [4.69, 9.17) is 4.74 Å². The average molecular weight is 341 g/mol. The molecule has 2 aromatic carbocycles. The molecule has 7 heteroatoms. The van der Waals surface area contributed by atoms with E-state index in [0.717, 1.165) is 17.7 Å². The summed E-state index contributed by atoms with van der Waals surface area (Å²) in [5.74, 6) is -1.09. The Bertz CT molecular complexity index is 969. The van der Waals surface area contributed by atoms with Crippen LogP contribution in [0, 0.1) is 11.6 Å². The van der Waals surface area contributed by atoms with Crippen LogP contribution in [0.1, 0.15) is 21.6 Å². The number of hydrogen-bond donors (Lipinski definition) is 2. The van der Waals surface area contributed by atoms with Crippen LogP contribution >= 0.6 is 0 Å². The van der Waals surface area contributed by atoms with E-state index >= 15 is 0 Å². The molecule has 1 amide bonds. The van der Waals surface area contributed by atoms with Gasteiger partial charge in [0.2, 0.25) is 0 Å². The Balaban J connectivity index is 1.56. The maximum Gasteiger partial charge on any atom is 0.270 e. The van der Waals surface area contributed by atoms with E-state index < -0.39 is 17.5 Å². The SMILES string of the molecule is O=C(NCc1ccc(F)cc1F)c1[nH]nc2c1COc1ccccc1-2. The summed E-state index contributed by atoms with van der Waals surface area (Å²) in [6, 6.07) is 10.7. The van der Waals surface area contributed by atoms with Crippen LogP contribution in [0.3, 0.4) is 0 Å². The summed E-state index contributed by atoms with van der Waals surface area (Å²) in [7, 11) is 0. The molecule has 0 saturated heterocycles. The number of nitrogens with zero attached hydrogens (tertiary/aromatic N) is 1. The van der Waals surface area contributed by atoms with Gasteiger partial charge in [-0.05, 0) is 18.2 Å². The van der Waals surface area contributed by atoms with Crippen LogP contribution in [0.25, 0.3) is 11.3 Å². The number of H-pyrrole nitrogens is 1. The standard InChI is InChI=1S/C18H13F2N3O2/c19-11-6-5-10(14(20)7-11)8-21-18(24)17-13-9-25-15-4-2-1-3-12(15)16(13)22-23-17/h1-7H,8-9H2,(H,21,24)(H,22,23). The third-order valence-corrected chi connectivity index (χ3v) is 4.06. The van der Waals surface area contributed by atoms with Crippen molar-refractivity contribution in [1.29, 1.82) is 0 Å². The number of fused-ring (bicyclic) bond motifs is 3. The molecule has 0 fully saturated rings. The number of para-hydroxylation sites is 1. The molecule has 1 aromatic heterocycles. The van der Waals surface area contributed by atoms with Crippen molar-refractivity contribution in [1.82, 2.24) is 15.5 Å². The van der Waals surface area contributed by atoms with Crippen molar-refractivity contribution in [2.75, 3.05) is 0 Å². The summed E-state index contributed by atoms with van der Waals surface area (Å²) in [4.78, 5) is 12.4. The van der Waals surface area contributed by atoms with Gasteiger partial charge in [0, 0.05) is 29.3 Å². The fourth-order valence-corrected chi connectivity index (χ4v) is 2.78. The average Bonchev–Trinajstić information content (AvgIpc) is 3.05. The van der Waals surface area contributed by atoms with Gasteiger partial charge in [0.05, 0.1) is 0 Å². The largest absolute Gasteiger partial charge is 0.488 e. The second kappa shape index (κ2) is 6.01. The summed E-state index contributed by atoms with van der Waals surface area (Å²) >= 11 is 0. The van der Waals surface area contributed by atoms with Gasteiger partial charge in [-0.2, -0.15) is 5.10 Å². The molecule has 0 bridgehead atoms. The molecule has 2 N–H and O–H groups in total. The first-order valence-corrected chi connectivity index (χ1v) is 7.65. The number of hydrogen-bond acceptors (Lipinski definition) is 3. The normalized spacial score (nSPS) is 12.1. The van der Waals surface area contributed by atoms with Gasteiger partial charge < -0.3 is 10.1 Å². The van der Waals surface area contributed by atoms with Crippen molar-refractivity contribution >= 4 is 5.91 Å². The maximum absolute atomic E-state index is 13.7. The third kappa shape index (κ3) is 2.73. The first-order valence-electron chi connectivity index (χ1n) is 7.65. The van der Waals surface area contributed by atoms with E-state index in [0.29, 0.717) is 17.0 Å². The number of ether oxygens (including phenoxy) is 1.